The minimum atomic E-state index is -0.0885. The molecular formula is C7H15N2O2+. The van der Waals surface area contributed by atoms with Gasteiger partial charge in [-0.15, -0.1) is 0 Å². The zero-order valence-electron chi connectivity index (χ0n) is 7.23. The Kier molecular flexibility index (Phi) is 4.45. The molecule has 2 amide bonds. The Morgan fingerprint density at radius 2 is 2.00 bits per heavy atom. The van der Waals surface area contributed by atoms with E-state index in [-0.39, 0.29) is 11.8 Å². The molecule has 1 unspecified atom stereocenters. The molecule has 0 aromatic heterocycles. The predicted octanol–water partition coefficient (Wildman–Crippen LogP) is -1.12. The highest BCUT2D eigenvalue weighted by molar-refractivity contribution is 5.75. The summed E-state index contributed by atoms with van der Waals surface area (Å²) in [6, 6.07) is 0. The first kappa shape index (κ1) is 10.1. The van der Waals surface area contributed by atoms with Gasteiger partial charge in [0.15, 0.2) is 0 Å². The van der Waals surface area contributed by atoms with Crippen LogP contribution in [0.5, 0.6) is 0 Å². The third kappa shape index (κ3) is 4.50. The van der Waals surface area contributed by atoms with Gasteiger partial charge in [0.25, 0.3) is 5.91 Å². The highest BCUT2D eigenvalue weighted by atomic mass is 16.2. The van der Waals surface area contributed by atoms with E-state index < -0.39 is 0 Å². The molecule has 4 nitrogen and oxygen atoms in total. The van der Waals surface area contributed by atoms with Crippen LogP contribution in [0.4, 0.5) is 0 Å². The first-order valence-corrected chi connectivity index (χ1v) is 3.72. The van der Waals surface area contributed by atoms with Crippen molar-refractivity contribution in [1.82, 2.24) is 5.43 Å². The smallest absolute Gasteiger partial charge is 0.270 e. The van der Waals surface area contributed by atoms with Gasteiger partial charge in [-0.05, 0) is 6.42 Å². The molecule has 4 heteroatoms. The molecule has 64 valence electrons. The van der Waals surface area contributed by atoms with E-state index in [1.54, 1.807) is 7.05 Å². The molecule has 0 aromatic carbocycles. The van der Waals surface area contributed by atoms with Gasteiger partial charge in [0.05, 0.1) is 14.0 Å². The highest BCUT2D eigenvalue weighted by Crippen LogP contribution is 1.82. The van der Waals surface area contributed by atoms with Crippen molar-refractivity contribution in [2.75, 3.05) is 7.05 Å². The average molecular weight is 159 g/mol. The summed E-state index contributed by atoms with van der Waals surface area (Å²) in [6.07, 6.45) is 1.28. The fourth-order valence-corrected chi connectivity index (χ4v) is 0.587. The number of hydrogen-bond donors (Lipinski definition) is 2. The number of rotatable bonds is 2. The summed E-state index contributed by atoms with van der Waals surface area (Å²) < 4.78 is 0. The van der Waals surface area contributed by atoms with E-state index in [2.05, 4.69) is 5.43 Å². The number of carbonyl (C=O) groups excluding carboxylic acids is 2. The second-order valence-corrected chi connectivity index (χ2v) is 2.48. The Bertz CT molecular complexity index is 157. The number of amides is 2. The van der Waals surface area contributed by atoms with Crippen LogP contribution < -0.4 is 10.4 Å². The van der Waals surface area contributed by atoms with E-state index in [9.17, 15) is 9.59 Å². The van der Waals surface area contributed by atoms with Crippen LogP contribution >= 0.6 is 0 Å². The molecular weight excluding hydrogens is 144 g/mol. The van der Waals surface area contributed by atoms with Gasteiger partial charge in [0.1, 0.15) is 0 Å². The molecule has 0 fully saturated rings. The molecule has 0 heterocycles. The summed E-state index contributed by atoms with van der Waals surface area (Å²) in [7, 11) is 1.61. The average Bonchev–Trinajstić information content (AvgIpc) is 1.87. The van der Waals surface area contributed by atoms with E-state index >= 15 is 0 Å². The van der Waals surface area contributed by atoms with Gasteiger partial charge >= 0.3 is 5.91 Å². The molecule has 0 aliphatic rings. The van der Waals surface area contributed by atoms with Crippen molar-refractivity contribution in [3.05, 3.63) is 0 Å². The summed E-state index contributed by atoms with van der Waals surface area (Å²) in [5.74, 6) is -0.172. The van der Waals surface area contributed by atoms with Gasteiger partial charge in [0, 0.05) is 6.42 Å². The number of nitrogens with one attached hydrogen (secondary N) is 2. The van der Waals surface area contributed by atoms with E-state index in [1.807, 2.05) is 6.92 Å². The predicted molar refractivity (Wildman–Crippen MR) is 40.6 cm³/mol. The summed E-state index contributed by atoms with van der Waals surface area (Å²) in [6.45, 7) is 3.35. The monoisotopic (exact) mass is 159 g/mol. The second-order valence-electron chi connectivity index (χ2n) is 2.48. The van der Waals surface area contributed by atoms with Crippen molar-refractivity contribution in [1.29, 1.82) is 0 Å². The quantitative estimate of drug-likeness (QED) is 0.501. The van der Waals surface area contributed by atoms with E-state index in [4.69, 9.17) is 0 Å². The van der Waals surface area contributed by atoms with E-state index in [1.165, 1.54) is 6.92 Å². The van der Waals surface area contributed by atoms with Crippen LogP contribution in [-0.2, 0) is 9.59 Å². The Morgan fingerprint density at radius 3 is 2.36 bits per heavy atom. The van der Waals surface area contributed by atoms with Crippen LogP contribution in [0.3, 0.4) is 0 Å². The maximum Gasteiger partial charge on any atom is 0.332 e. The molecule has 0 saturated heterocycles. The van der Waals surface area contributed by atoms with Gasteiger partial charge in [0.2, 0.25) is 0 Å². The fourth-order valence-electron chi connectivity index (χ4n) is 0.587. The maximum atomic E-state index is 10.9. The normalized spacial score (nSPS) is 12.3. The van der Waals surface area contributed by atoms with E-state index in [0.717, 1.165) is 6.42 Å². The SMILES string of the molecule is CCCC(=O)N[NH+](C)C(C)=O. The minimum absolute atomic E-state index is 0.0831. The maximum absolute atomic E-state index is 10.9. The lowest BCUT2D eigenvalue weighted by Crippen LogP contribution is -3.18. The molecule has 0 aliphatic carbocycles. The molecule has 0 bridgehead atoms. The molecule has 0 spiro atoms. The van der Waals surface area contributed by atoms with Crippen LogP contribution in [0.25, 0.3) is 0 Å². The van der Waals surface area contributed by atoms with Crippen LogP contribution in [0.1, 0.15) is 26.7 Å². The Hall–Kier alpha value is -0.900. The highest BCUT2D eigenvalue weighted by Gasteiger charge is 2.10. The summed E-state index contributed by atoms with van der Waals surface area (Å²) in [4.78, 5) is 21.5. The Morgan fingerprint density at radius 1 is 1.45 bits per heavy atom. The molecule has 0 aromatic rings. The standard InChI is InChI=1S/C7H14N2O2/c1-4-5-7(11)8-9(3)6(2)10/h4-5H2,1-3H3,(H,8,11)/p+1. The topological polar surface area (TPSA) is 50.6 Å². The fraction of sp³-hybridized carbons (Fsp3) is 0.714. The third-order valence-corrected chi connectivity index (χ3v) is 1.33. The molecule has 2 N–H and O–H groups in total. The van der Waals surface area contributed by atoms with Gasteiger partial charge in [-0.3, -0.25) is 4.79 Å². The van der Waals surface area contributed by atoms with Gasteiger partial charge in [-0.1, -0.05) is 6.92 Å². The molecule has 0 rings (SSSR count). The van der Waals surface area contributed by atoms with Crippen molar-refractivity contribution in [3.8, 4) is 0 Å². The van der Waals surface area contributed by atoms with Gasteiger partial charge in [-0.2, -0.15) is 10.4 Å². The lowest BCUT2D eigenvalue weighted by atomic mass is 10.3. The Labute approximate surface area is 66.5 Å². The summed E-state index contributed by atoms with van der Waals surface area (Å²) in [5.41, 5.74) is 2.51. The van der Waals surface area contributed by atoms with Gasteiger partial charge in [-0.25, -0.2) is 4.79 Å². The van der Waals surface area contributed by atoms with Crippen molar-refractivity contribution in [2.24, 2.45) is 0 Å². The lowest BCUT2D eigenvalue weighted by Gasteiger charge is -2.08. The van der Waals surface area contributed by atoms with Gasteiger partial charge < -0.3 is 0 Å². The lowest BCUT2D eigenvalue weighted by molar-refractivity contribution is -0.836. The van der Waals surface area contributed by atoms with E-state index in [0.29, 0.717) is 11.4 Å². The zero-order chi connectivity index (χ0) is 8.85. The third-order valence-electron chi connectivity index (χ3n) is 1.33. The van der Waals surface area contributed by atoms with Crippen molar-refractivity contribution in [3.63, 3.8) is 0 Å². The molecule has 0 radical (unpaired) electrons. The second kappa shape index (κ2) is 4.85. The first-order valence-electron chi connectivity index (χ1n) is 3.72. The number of quaternary nitrogens is 1. The van der Waals surface area contributed by atoms with Crippen molar-refractivity contribution >= 4 is 11.8 Å². The van der Waals surface area contributed by atoms with Crippen LogP contribution in [-0.4, -0.2) is 18.9 Å². The van der Waals surface area contributed by atoms with Crippen LogP contribution in [0, 0.1) is 0 Å². The number of carbonyl (C=O) groups is 2. The van der Waals surface area contributed by atoms with Crippen LogP contribution in [0.15, 0.2) is 0 Å². The Balaban J connectivity index is 3.66. The minimum Gasteiger partial charge on any atom is -0.270 e. The number of hydrogen-bond acceptors (Lipinski definition) is 2. The molecule has 0 saturated carbocycles. The summed E-state index contributed by atoms with van der Waals surface area (Å²) >= 11 is 0. The van der Waals surface area contributed by atoms with Crippen molar-refractivity contribution in [2.45, 2.75) is 26.7 Å². The molecule has 1 atom stereocenters. The summed E-state index contributed by atoms with van der Waals surface area (Å²) in [5, 5.41) is 0.420. The first-order chi connectivity index (χ1) is 5.07. The largest absolute Gasteiger partial charge is 0.332 e. The van der Waals surface area contributed by atoms with Crippen molar-refractivity contribution < 1.29 is 14.6 Å². The molecule has 11 heavy (non-hydrogen) atoms. The van der Waals surface area contributed by atoms with Crippen LogP contribution in [0.2, 0.25) is 0 Å². The zero-order valence-corrected chi connectivity index (χ0v) is 7.23. The molecule has 0 aliphatic heterocycles.